The van der Waals surface area contributed by atoms with Crippen LogP contribution in [0.5, 0.6) is 0 Å². The molecule has 2 aliphatic carbocycles. The van der Waals surface area contributed by atoms with E-state index in [4.69, 9.17) is 0 Å². The summed E-state index contributed by atoms with van der Waals surface area (Å²) in [6, 6.07) is 4.72. The molecule has 0 spiro atoms. The van der Waals surface area contributed by atoms with Crippen molar-refractivity contribution in [2.45, 2.75) is 53.4 Å². The van der Waals surface area contributed by atoms with Crippen molar-refractivity contribution in [3.05, 3.63) is 79.9 Å². The summed E-state index contributed by atoms with van der Waals surface area (Å²) < 4.78 is 0. The second-order valence-corrected chi connectivity index (χ2v) is 7.44. The third kappa shape index (κ3) is 2.36. The minimum absolute atomic E-state index is 1.11. The molecular weight excluding hydrogens is 288 g/mol. The van der Waals surface area contributed by atoms with Gasteiger partial charge in [0, 0.05) is 0 Å². The molecule has 4 rings (SSSR count). The van der Waals surface area contributed by atoms with Crippen molar-refractivity contribution in [3.8, 4) is 0 Å². The summed E-state index contributed by atoms with van der Waals surface area (Å²) in [5, 5.41) is 0. The van der Waals surface area contributed by atoms with Gasteiger partial charge in [0.2, 0.25) is 0 Å². The van der Waals surface area contributed by atoms with Gasteiger partial charge in [0.15, 0.2) is 0 Å². The van der Waals surface area contributed by atoms with E-state index in [0.29, 0.717) is 0 Å². The number of hydrogen-bond acceptors (Lipinski definition) is 0. The lowest BCUT2D eigenvalue weighted by molar-refractivity contribution is 0.902. The van der Waals surface area contributed by atoms with E-state index in [9.17, 15) is 0 Å². The summed E-state index contributed by atoms with van der Waals surface area (Å²) in [5.41, 5.74) is 15.1. The second kappa shape index (κ2) is 5.77. The molecule has 24 heavy (non-hydrogen) atoms. The Labute approximate surface area is 145 Å². The maximum atomic E-state index is 2.36. The predicted octanol–water partition coefficient (Wildman–Crippen LogP) is 5.84. The van der Waals surface area contributed by atoms with Crippen molar-refractivity contribution in [2.75, 3.05) is 0 Å². The summed E-state index contributed by atoms with van der Waals surface area (Å²) in [6.45, 7) is 9.12. The van der Waals surface area contributed by atoms with Gasteiger partial charge in [-0.2, -0.15) is 0 Å². The minimum atomic E-state index is 1.11. The Hall–Kier alpha value is -2.08. The van der Waals surface area contributed by atoms with Crippen molar-refractivity contribution in [2.24, 2.45) is 0 Å². The van der Waals surface area contributed by atoms with Gasteiger partial charge in [0.05, 0.1) is 0 Å². The molecule has 0 unspecified atom stereocenters. The average Bonchev–Trinajstić information content (AvgIpc) is 3.19. The Bertz CT molecular complexity index is 816. The summed E-state index contributed by atoms with van der Waals surface area (Å²) in [7, 11) is 0. The normalized spacial score (nSPS) is 14.3. The van der Waals surface area contributed by atoms with Crippen LogP contribution in [0.15, 0.2) is 24.3 Å². The molecule has 0 amide bonds. The van der Waals surface area contributed by atoms with Gasteiger partial charge in [0.25, 0.3) is 0 Å². The Kier molecular flexibility index (Phi) is 3.72. The standard InChI is InChI=1S/C24H26/c1-15-13-19-7-5-9-23(19)21(17(15)3)11-12-22-18(4)16(2)14-20-8-6-10-24(20)22/h5-8,13-14H,9-12H2,1-4H3. The van der Waals surface area contributed by atoms with E-state index in [1.54, 1.807) is 22.3 Å². The molecule has 0 nitrogen and oxygen atoms in total. The fourth-order valence-corrected chi connectivity index (χ4v) is 4.45. The van der Waals surface area contributed by atoms with Crippen LogP contribution in [0.4, 0.5) is 0 Å². The molecular formula is C24H26. The highest BCUT2D eigenvalue weighted by molar-refractivity contribution is 5.66. The molecule has 0 heteroatoms. The van der Waals surface area contributed by atoms with Crippen molar-refractivity contribution in [1.29, 1.82) is 0 Å². The summed E-state index contributed by atoms with van der Waals surface area (Å²) in [4.78, 5) is 0. The van der Waals surface area contributed by atoms with E-state index in [2.05, 4.69) is 64.1 Å². The fraction of sp³-hybridized carbons (Fsp3) is 0.333. The van der Waals surface area contributed by atoms with Gasteiger partial charge in [-0.3, -0.25) is 0 Å². The molecule has 2 aliphatic rings. The lowest BCUT2D eigenvalue weighted by atomic mass is 9.86. The summed E-state index contributed by atoms with van der Waals surface area (Å²) in [6.07, 6.45) is 13.8. The minimum Gasteiger partial charge on any atom is -0.0795 e. The quantitative estimate of drug-likeness (QED) is 0.667. The zero-order chi connectivity index (χ0) is 16.8. The van der Waals surface area contributed by atoms with Gasteiger partial charge < -0.3 is 0 Å². The van der Waals surface area contributed by atoms with E-state index in [1.807, 2.05) is 0 Å². The largest absolute Gasteiger partial charge is 0.0795 e. The Morgan fingerprint density at radius 3 is 1.50 bits per heavy atom. The maximum absolute atomic E-state index is 2.36. The Morgan fingerprint density at radius 2 is 1.08 bits per heavy atom. The van der Waals surface area contributed by atoms with Crippen molar-refractivity contribution in [3.63, 3.8) is 0 Å². The predicted molar refractivity (Wildman–Crippen MR) is 105 cm³/mol. The Balaban J connectivity index is 1.71. The van der Waals surface area contributed by atoms with Crippen molar-refractivity contribution in [1.82, 2.24) is 0 Å². The van der Waals surface area contributed by atoms with Gasteiger partial charge in [-0.1, -0.05) is 36.4 Å². The highest BCUT2D eigenvalue weighted by atomic mass is 14.2. The first-order chi connectivity index (χ1) is 11.6. The molecule has 0 bridgehead atoms. The zero-order valence-electron chi connectivity index (χ0n) is 15.3. The molecule has 0 N–H and O–H groups in total. The number of aryl methyl sites for hydroxylation is 2. The van der Waals surface area contributed by atoms with Crippen LogP contribution in [-0.2, 0) is 25.7 Å². The highest BCUT2D eigenvalue weighted by Gasteiger charge is 2.18. The third-order valence-corrected chi connectivity index (χ3v) is 6.12. The molecule has 0 heterocycles. The van der Waals surface area contributed by atoms with Gasteiger partial charge in [-0.25, -0.2) is 0 Å². The fourth-order valence-electron chi connectivity index (χ4n) is 4.45. The van der Waals surface area contributed by atoms with Crippen LogP contribution in [0.3, 0.4) is 0 Å². The molecule has 0 fully saturated rings. The summed E-state index contributed by atoms with van der Waals surface area (Å²) >= 11 is 0. The van der Waals surface area contributed by atoms with Crippen LogP contribution >= 0.6 is 0 Å². The first kappa shape index (κ1) is 15.4. The van der Waals surface area contributed by atoms with Gasteiger partial charge >= 0.3 is 0 Å². The number of fused-ring (bicyclic) bond motifs is 2. The molecule has 0 radical (unpaired) electrons. The molecule has 0 atom stereocenters. The van der Waals surface area contributed by atoms with Crippen LogP contribution in [0.2, 0.25) is 0 Å². The third-order valence-electron chi connectivity index (χ3n) is 6.12. The monoisotopic (exact) mass is 314 g/mol. The van der Waals surface area contributed by atoms with Crippen LogP contribution in [0.1, 0.15) is 55.6 Å². The number of allylic oxidation sites excluding steroid dienone is 2. The zero-order valence-corrected chi connectivity index (χ0v) is 15.3. The van der Waals surface area contributed by atoms with Gasteiger partial charge in [0.1, 0.15) is 0 Å². The van der Waals surface area contributed by atoms with E-state index >= 15 is 0 Å². The highest BCUT2D eigenvalue weighted by Crippen LogP contribution is 2.32. The number of benzene rings is 2. The van der Waals surface area contributed by atoms with E-state index in [-0.39, 0.29) is 0 Å². The average molecular weight is 314 g/mol. The van der Waals surface area contributed by atoms with Crippen LogP contribution in [0.25, 0.3) is 12.2 Å². The first-order valence-corrected chi connectivity index (χ1v) is 9.13. The lowest BCUT2D eigenvalue weighted by Crippen LogP contribution is -2.06. The molecule has 0 saturated carbocycles. The topological polar surface area (TPSA) is 0 Å². The molecule has 2 aromatic rings. The number of hydrogen-bond donors (Lipinski definition) is 0. The second-order valence-electron chi connectivity index (χ2n) is 7.44. The van der Waals surface area contributed by atoms with Crippen LogP contribution in [-0.4, -0.2) is 0 Å². The molecule has 2 aromatic carbocycles. The molecule has 0 saturated heterocycles. The van der Waals surface area contributed by atoms with E-state index < -0.39 is 0 Å². The van der Waals surface area contributed by atoms with Crippen molar-refractivity contribution >= 4 is 12.2 Å². The van der Waals surface area contributed by atoms with Gasteiger partial charge in [-0.15, -0.1) is 0 Å². The SMILES string of the molecule is Cc1cc2c(c(CCc3c(C)c(C)cc4c3CC=C4)c1C)CC=C2. The maximum Gasteiger partial charge on any atom is -0.00853 e. The van der Waals surface area contributed by atoms with Crippen LogP contribution in [0, 0.1) is 27.7 Å². The molecule has 0 aliphatic heterocycles. The summed E-state index contributed by atoms with van der Waals surface area (Å²) in [5.74, 6) is 0. The van der Waals surface area contributed by atoms with Crippen LogP contribution < -0.4 is 0 Å². The first-order valence-electron chi connectivity index (χ1n) is 9.13. The van der Waals surface area contributed by atoms with E-state index in [0.717, 1.165) is 25.7 Å². The van der Waals surface area contributed by atoms with E-state index in [1.165, 1.54) is 33.4 Å². The van der Waals surface area contributed by atoms with Gasteiger partial charge in [-0.05, 0) is 109 Å². The lowest BCUT2D eigenvalue weighted by Gasteiger charge is -2.18. The van der Waals surface area contributed by atoms with Crippen molar-refractivity contribution < 1.29 is 0 Å². The Morgan fingerprint density at radius 1 is 0.667 bits per heavy atom. The smallest absolute Gasteiger partial charge is 0.00853 e. The molecule has 0 aromatic heterocycles. The number of rotatable bonds is 3. The molecule has 122 valence electrons.